The van der Waals surface area contributed by atoms with Crippen molar-refractivity contribution in [3.63, 3.8) is 0 Å². The number of fused-ring (bicyclic) bond motifs is 1. The average molecular weight is 294 g/mol. The third kappa shape index (κ3) is 2.90. The lowest BCUT2D eigenvalue weighted by molar-refractivity contribution is 0.229. The summed E-state index contributed by atoms with van der Waals surface area (Å²) >= 11 is 0. The summed E-state index contributed by atoms with van der Waals surface area (Å²) in [6.07, 6.45) is 1.85. The number of nitrogens with zero attached hydrogens (tertiary/aromatic N) is 1. The smallest absolute Gasteiger partial charge is 0.151 e. The Morgan fingerprint density at radius 3 is 2.90 bits per heavy atom. The molecular formula is C15H22N2O2S. The second kappa shape index (κ2) is 5.47. The first-order chi connectivity index (χ1) is 9.55. The van der Waals surface area contributed by atoms with Gasteiger partial charge in [-0.2, -0.15) is 0 Å². The van der Waals surface area contributed by atoms with Crippen molar-refractivity contribution < 1.29 is 8.42 Å². The molecule has 0 radical (unpaired) electrons. The zero-order valence-corrected chi connectivity index (χ0v) is 12.7. The number of likely N-dealkylation sites (N-methyl/N-ethyl adjacent to an activating group) is 1. The maximum Gasteiger partial charge on any atom is 0.151 e. The monoisotopic (exact) mass is 294 g/mol. The Morgan fingerprint density at radius 2 is 2.15 bits per heavy atom. The molecule has 1 saturated heterocycles. The highest BCUT2D eigenvalue weighted by molar-refractivity contribution is 7.91. The molecule has 1 aromatic carbocycles. The van der Waals surface area contributed by atoms with Crippen molar-refractivity contribution in [2.45, 2.75) is 24.9 Å². The van der Waals surface area contributed by atoms with Crippen molar-refractivity contribution in [1.82, 2.24) is 10.2 Å². The minimum Gasteiger partial charge on any atom is -0.309 e. The maximum absolute atomic E-state index is 11.6. The Balaban J connectivity index is 1.70. The first-order valence-electron chi connectivity index (χ1n) is 7.27. The van der Waals surface area contributed by atoms with E-state index >= 15 is 0 Å². The standard InChI is InChI=1S/C15H22N2O2S/c1-17(13-7-9-20(18,19)11-13)10-15-14-5-3-2-4-12(14)6-8-16-15/h2-5,13,15-16H,6-11H2,1H3. The number of nitrogens with one attached hydrogen (secondary N) is 1. The van der Waals surface area contributed by atoms with Crippen LogP contribution in [-0.2, 0) is 16.3 Å². The molecule has 0 aromatic heterocycles. The molecule has 2 unspecified atom stereocenters. The fourth-order valence-electron chi connectivity index (χ4n) is 3.32. The number of rotatable bonds is 3. The quantitative estimate of drug-likeness (QED) is 0.903. The van der Waals surface area contributed by atoms with E-state index < -0.39 is 9.84 Å². The van der Waals surface area contributed by atoms with Gasteiger partial charge in [0.1, 0.15) is 0 Å². The van der Waals surface area contributed by atoms with Crippen molar-refractivity contribution in [1.29, 1.82) is 0 Å². The van der Waals surface area contributed by atoms with E-state index in [1.807, 2.05) is 7.05 Å². The average Bonchev–Trinajstić information content (AvgIpc) is 2.80. The summed E-state index contributed by atoms with van der Waals surface area (Å²) in [7, 11) is -0.758. The molecule has 3 rings (SSSR count). The van der Waals surface area contributed by atoms with Crippen molar-refractivity contribution in [2.75, 3.05) is 31.6 Å². The number of sulfone groups is 1. The molecule has 1 aromatic rings. The normalized spacial score (nSPS) is 28.5. The third-order valence-corrected chi connectivity index (χ3v) is 6.27. The summed E-state index contributed by atoms with van der Waals surface area (Å²) in [5.41, 5.74) is 2.79. The van der Waals surface area contributed by atoms with E-state index in [-0.39, 0.29) is 6.04 Å². The van der Waals surface area contributed by atoms with Gasteiger partial charge in [-0.1, -0.05) is 24.3 Å². The molecule has 4 nitrogen and oxygen atoms in total. The minimum atomic E-state index is -2.80. The highest BCUT2D eigenvalue weighted by Crippen LogP contribution is 2.25. The second-order valence-corrected chi connectivity index (χ2v) is 8.18. The summed E-state index contributed by atoms with van der Waals surface area (Å²) in [5, 5.41) is 3.56. The molecule has 2 atom stereocenters. The van der Waals surface area contributed by atoms with Gasteiger partial charge >= 0.3 is 0 Å². The van der Waals surface area contributed by atoms with Crippen molar-refractivity contribution in [2.24, 2.45) is 0 Å². The van der Waals surface area contributed by atoms with Gasteiger partial charge in [-0.15, -0.1) is 0 Å². The summed E-state index contributed by atoms with van der Waals surface area (Å²) in [5.74, 6) is 0.661. The lowest BCUT2D eigenvalue weighted by atomic mass is 9.94. The van der Waals surface area contributed by atoms with Crippen LogP contribution in [0.15, 0.2) is 24.3 Å². The van der Waals surface area contributed by atoms with Crippen LogP contribution in [0.4, 0.5) is 0 Å². The first kappa shape index (κ1) is 14.0. The maximum atomic E-state index is 11.6. The minimum absolute atomic E-state index is 0.177. The SMILES string of the molecule is CN(CC1NCCc2ccccc21)C1CCS(=O)(=O)C1. The van der Waals surface area contributed by atoms with Crippen LogP contribution in [0, 0.1) is 0 Å². The summed E-state index contributed by atoms with van der Waals surface area (Å²) < 4.78 is 23.2. The Kier molecular flexibility index (Phi) is 3.84. The summed E-state index contributed by atoms with van der Waals surface area (Å²) in [6.45, 7) is 1.87. The molecule has 5 heteroatoms. The molecule has 20 heavy (non-hydrogen) atoms. The predicted molar refractivity (Wildman–Crippen MR) is 80.6 cm³/mol. The van der Waals surface area contributed by atoms with E-state index in [2.05, 4.69) is 34.5 Å². The van der Waals surface area contributed by atoms with Crippen LogP contribution in [0.2, 0.25) is 0 Å². The van der Waals surface area contributed by atoms with Crippen LogP contribution in [-0.4, -0.2) is 51.0 Å². The van der Waals surface area contributed by atoms with Gasteiger partial charge in [0.2, 0.25) is 0 Å². The van der Waals surface area contributed by atoms with Crippen molar-refractivity contribution >= 4 is 9.84 Å². The predicted octanol–water partition coefficient (Wildman–Crippen LogP) is 0.992. The molecule has 2 aliphatic rings. The summed E-state index contributed by atoms with van der Waals surface area (Å²) in [4.78, 5) is 2.21. The van der Waals surface area contributed by atoms with Crippen LogP contribution in [0.5, 0.6) is 0 Å². The Hall–Kier alpha value is -0.910. The van der Waals surface area contributed by atoms with E-state index in [0.29, 0.717) is 17.5 Å². The largest absolute Gasteiger partial charge is 0.309 e. The van der Waals surface area contributed by atoms with Crippen LogP contribution in [0.1, 0.15) is 23.6 Å². The molecule has 110 valence electrons. The van der Waals surface area contributed by atoms with Gasteiger partial charge in [0.15, 0.2) is 9.84 Å². The molecular weight excluding hydrogens is 272 g/mol. The van der Waals surface area contributed by atoms with E-state index in [9.17, 15) is 8.42 Å². The second-order valence-electron chi connectivity index (χ2n) is 5.95. The third-order valence-electron chi connectivity index (χ3n) is 4.52. The first-order valence-corrected chi connectivity index (χ1v) is 9.09. The number of hydrogen-bond donors (Lipinski definition) is 1. The summed E-state index contributed by atoms with van der Waals surface area (Å²) in [6, 6.07) is 9.05. The Labute approximate surface area is 121 Å². The molecule has 0 saturated carbocycles. The fraction of sp³-hybridized carbons (Fsp3) is 0.600. The fourth-order valence-corrected chi connectivity index (χ4v) is 5.12. The van der Waals surface area contributed by atoms with Crippen LogP contribution in [0.25, 0.3) is 0 Å². The molecule has 0 spiro atoms. The van der Waals surface area contributed by atoms with Gasteiger partial charge in [0.25, 0.3) is 0 Å². The van der Waals surface area contributed by atoms with Gasteiger partial charge in [-0.3, -0.25) is 0 Å². The topological polar surface area (TPSA) is 49.4 Å². The highest BCUT2D eigenvalue weighted by Gasteiger charge is 2.32. The zero-order chi connectivity index (χ0) is 14.2. The van der Waals surface area contributed by atoms with Crippen LogP contribution >= 0.6 is 0 Å². The highest BCUT2D eigenvalue weighted by atomic mass is 32.2. The van der Waals surface area contributed by atoms with Crippen molar-refractivity contribution in [3.8, 4) is 0 Å². The van der Waals surface area contributed by atoms with Gasteiger partial charge in [0.05, 0.1) is 11.5 Å². The van der Waals surface area contributed by atoms with E-state index in [1.165, 1.54) is 11.1 Å². The lowest BCUT2D eigenvalue weighted by Gasteiger charge is -2.32. The Morgan fingerprint density at radius 1 is 1.35 bits per heavy atom. The van der Waals surface area contributed by atoms with Crippen molar-refractivity contribution in [3.05, 3.63) is 35.4 Å². The van der Waals surface area contributed by atoms with Gasteiger partial charge < -0.3 is 10.2 Å². The van der Waals surface area contributed by atoms with E-state index in [0.717, 1.165) is 25.9 Å². The molecule has 2 aliphatic heterocycles. The number of hydrogen-bond acceptors (Lipinski definition) is 4. The number of benzene rings is 1. The Bertz CT molecular complexity index is 585. The van der Waals surface area contributed by atoms with E-state index in [4.69, 9.17) is 0 Å². The van der Waals surface area contributed by atoms with E-state index in [1.54, 1.807) is 0 Å². The zero-order valence-electron chi connectivity index (χ0n) is 11.9. The molecule has 1 fully saturated rings. The molecule has 1 N–H and O–H groups in total. The molecule has 0 bridgehead atoms. The van der Waals surface area contributed by atoms with Gasteiger partial charge in [-0.05, 0) is 37.6 Å². The van der Waals surface area contributed by atoms with Crippen LogP contribution < -0.4 is 5.32 Å². The van der Waals surface area contributed by atoms with Crippen LogP contribution in [0.3, 0.4) is 0 Å². The van der Waals surface area contributed by atoms with Gasteiger partial charge in [-0.25, -0.2) is 8.42 Å². The molecule has 0 aliphatic carbocycles. The lowest BCUT2D eigenvalue weighted by Crippen LogP contribution is -2.42. The molecule has 0 amide bonds. The molecule has 2 heterocycles. The van der Waals surface area contributed by atoms with Gasteiger partial charge in [0, 0.05) is 18.6 Å².